The Hall–Kier alpha value is -3.35. The molecule has 0 saturated heterocycles. The third-order valence-corrected chi connectivity index (χ3v) is 7.65. The third kappa shape index (κ3) is 4.90. The number of carbonyl (C=O) groups excluding carboxylic acids is 2. The van der Waals surface area contributed by atoms with Crippen molar-refractivity contribution in [3.63, 3.8) is 0 Å². The number of likely N-dealkylation sites (N-methyl/N-ethyl adjacent to an activating group) is 1. The summed E-state index contributed by atoms with van der Waals surface area (Å²) in [6, 6.07) is 16.4. The number of hydrogen-bond donors (Lipinski definition) is 2. The molecule has 1 unspecified atom stereocenters. The zero-order valence-electron chi connectivity index (χ0n) is 20.5. The number of fused-ring (bicyclic) bond motifs is 3. The highest BCUT2D eigenvalue weighted by Crippen LogP contribution is 2.44. The molecular weight excluding hydrogens is 444 g/mol. The lowest BCUT2D eigenvalue weighted by Crippen LogP contribution is -2.54. The van der Waals surface area contributed by atoms with Crippen LogP contribution in [0.1, 0.15) is 62.5 Å². The maximum atomic E-state index is 12.9. The fourth-order valence-corrected chi connectivity index (χ4v) is 5.57. The van der Waals surface area contributed by atoms with Crippen LogP contribution >= 0.6 is 0 Å². The highest BCUT2D eigenvalue weighted by atomic mass is 16.5. The van der Waals surface area contributed by atoms with Crippen molar-refractivity contribution in [2.45, 2.75) is 56.9 Å². The fourth-order valence-electron chi connectivity index (χ4n) is 5.57. The number of carboxylic acid groups (broad SMARTS) is 1. The second-order valence-corrected chi connectivity index (χ2v) is 9.74. The van der Waals surface area contributed by atoms with Crippen molar-refractivity contribution >= 4 is 18.0 Å². The van der Waals surface area contributed by atoms with Crippen molar-refractivity contribution in [2.24, 2.45) is 5.92 Å². The van der Waals surface area contributed by atoms with Gasteiger partial charge < -0.3 is 20.1 Å². The predicted molar refractivity (Wildman–Crippen MR) is 133 cm³/mol. The molecule has 0 spiro atoms. The van der Waals surface area contributed by atoms with Crippen LogP contribution in [0.2, 0.25) is 0 Å². The van der Waals surface area contributed by atoms with Crippen LogP contribution < -0.4 is 5.32 Å². The molecule has 0 aliphatic heterocycles. The van der Waals surface area contributed by atoms with E-state index in [1.807, 2.05) is 31.2 Å². The van der Waals surface area contributed by atoms with Gasteiger partial charge in [0.1, 0.15) is 12.1 Å². The number of rotatable bonds is 9. The predicted octanol–water partition coefficient (Wildman–Crippen LogP) is 4.80. The van der Waals surface area contributed by atoms with Gasteiger partial charge in [-0.2, -0.15) is 0 Å². The van der Waals surface area contributed by atoms with Gasteiger partial charge in [-0.3, -0.25) is 4.79 Å². The summed E-state index contributed by atoms with van der Waals surface area (Å²) in [5.41, 5.74) is 3.62. The molecule has 7 nitrogen and oxygen atoms in total. The van der Waals surface area contributed by atoms with E-state index in [9.17, 15) is 19.5 Å². The number of nitrogens with one attached hydrogen (secondary N) is 1. The molecule has 2 aromatic rings. The first-order chi connectivity index (χ1) is 16.8. The quantitative estimate of drug-likeness (QED) is 0.505. The monoisotopic (exact) mass is 478 g/mol. The van der Waals surface area contributed by atoms with E-state index < -0.39 is 17.6 Å². The summed E-state index contributed by atoms with van der Waals surface area (Å²) in [6.45, 7) is 2.47. The van der Waals surface area contributed by atoms with E-state index >= 15 is 0 Å². The van der Waals surface area contributed by atoms with E-state index in [1.165, 1.54) is 27.2 Å². The molecule has 0 aromatic heterocycles. The second-order valence-electron chi connectivity index (χ2n) is 9.74. The molecule has 0 bridgehead atoms. The Labute approximate surface area is 206 Å². The molecule has 1 atom stereocenters. The zero-order valence-corrected chi connectivity index (χ0v) is 20.5. The zero-order chi connectivity index (χ0) is 25.0. The fraction of sp³-hybridized carbons (Fsp3) is 0.464. The normalized spacial score (nSPS) is 16.7. The van der Waals surface area contributed by atoms with Crippen molar-refractivity contribution in [1.82, 2.24) is 10.2 Å². The van der Waals surface area contributed by atoms with Gasteiger partial charge in [0.05, 0.1) is 0 Å². The van der Waals surface area contributed by atoms with Crippen LogP contribution in [0.3, 0.4) is 0 Å². The number of benzene rings is 2. The Morgan fingerprint density at radius 3 is 2.20 bits per heavy atom. The van der Waals surface area contributed by atoms with Gasteiger partial charge in [0.2, 0.25) is 5.91 Å². The number of carbonyl (C=O) groups is 3. The molecule has 2 N–H and O–H groups in total. The molecule has 35 heavy (non-hydrogen) atoms. The van der Waals surface area contributed by atoms with Crippen molar-refractivity contribution in [3.8, 4) is 11.1 Å². The minimum Gasteiger partial charge on any atom is -0.479 e. The van der Waals surface area contributed by atoms with E-state index in [1.54, 1.807) is 7.05 Å². The number of nitrogens with zero attached hydrogens (tertiary/aromatic N) is 1. The van der Waals surface area contributed by atoms with E-state index in [-0.39, 0.29) is 24.3 Å². The number of ether oxygens (including phenoxy) is 1. The maximum Gasteiger partial charge on any atom is 0.407 e. The van der Waals surface area contributed by atoms with Gasteiger partial charge in [0.15, 0.2) is 0 Å². The van der Waals surface area contributed by atoms with Crippen LogP contribution in [-0.4, -0.2) is 53.7 Å². The Balaban J connectivity index is 1.22. The Bertz CT molecular complexity index is 1050. The molecule has 2 amide bonds. The van der Waals surface area contributed by atoms with E-state index in [0.717, 1.165) is 12.8 Å². The average molecular weight is 479 g/mol. The highest BCUT2D eigenvalue weighted by molar-refractivity contribution is 5.88. The molecular formula is C28H34N2O5. The summed E-state index contributed by atoms with van der Waals surface area (Å²) in [4.78, 5) is 38.5. The van der Waals surface area contributed by atoms with Gasteiger partial charge in [0, 0.05) is 25.4 Å². The summed E-state index contributed by atoms with van der Waals surface area (Å²) in [5.74, 6) is -1.38. The van der Waals surface area contributed by atoms with E-state index in [4.69, 9.17) is 4.74 Å². The number of hydrogen-bond acceptors (Lipinski definition) is 4. The third-order valence-electron chi connectivity index (χ3n) is 7.65. The van der Waals surface area contributed by atoms with Crippen LogP contribution in [0.15, 0.2) is 48.5 Å². The maximum absolute atomic E-state index is 12.9. The van der Waals surface area contributed by atoms with E-state index in [2.05, 4.69) is 29.6 Å². The van der Waals surface area contributed by atoms with Gasteiger partial charge in [0.25, 0.3) is 0 Å². The second kappa shape index (κ2) is 10.5. The van der Waals surface area contributed by atoms with Gasteiger partial charge >= 0.3 is 12.1 Å². The SMILES string of the molecule is CC(CCCNC(=O)OCC1c2ccccc2-c2ccccc21)C(=O)N(C)C1(C(=O)O)CCCC1. The first-order valence-corrected chi connectivity index (χ1v) is 12.4. The van der Waals surface area contributed by atoms with Crippen LogP contribution in [0, 0.1) is 5.92 Å². The minimum absolute atomic E-state index is 0.0125. The van der Waals surface area contributed by atoms with Crippen LogP contribution in [0.25, 0.3) is 11.1 Å². The van der Waals surface area contributed by atoms with Crippen molar-refractivity contribution in [3.05, 3.63) is 59.7 Å². The summed E-state index contributed by atoms with van der Waals surface area (Å²) in [5, 5.41) is 12.5. The van der Waals surface area contributed by atoms with Gasteiger partial charge in [-0.25, -0.2) is 9.59 Å². The van der Waals surface area contributed by atoms with Crippen molar-refractivity contribution in [2.75, 3.05) is 20.2 Å². The molecule has 4 rings (SSSR count). The van der Waals surface area contributed by atoms with Crippen LogP contribution in [0.5, 0.6) is 0 Å². The van der Waals surface area contributed by atoms with Gasteiger partial charge in [-0.05, 0) is 47.9 Å². The van der Waals surface area contributed by atoms with Gasteiger partial charge in [-0.15, -0.1) is 0 Å². The molecule has 186 valence electrons. The molecule has 0 radical (unpaired) electrons. The molecule has 2 aliphatic rings. The Morgan fingerprint density at radius 1 is 1.06 bits per heavy atom. The number of alkyl carbamates (subject to hydrolysis) is 1. The average Bonchev–Trinajstić information content (AvgIpc) is 3.49. The lowest BCUT2D eigenvalue weighted by Gasteiger charge is -2.36. The number of amides is 2. The molecule has 1 fully saturated rings. The Morgan fingerprint density at radius 2 is 1.63 bits per heavy atom. The lowest BCUT2D eigenvalue weighted by atomic mass is 9.93. The summed E-state index contributed by atoms with van der Waals surface area (Å²) >= 11 is 0. The highest BCUT2D eigenvalue weighted by Gasteiger charge is 2.47. The van der Waals surface area contributed by atoms with Crippen molar-refractivity contribution < 1.29 is 24.2 Å². The first-order valence-electron chi connectivity index (χ1n) is 12.4. The largest absolute Gasteiger partial charge is 0.479 e. The van der Waals surface area contributed by atoms with Crippen LogP contribution in [0.4, 0.5) is 4.79 Å². The molecule has 2 aliphatic carbocycles. The topological polar surface area (TPSA) is 95.9 Å². The first kappa shape index (κ1) is 24.8. The smallest absolute Gasteiger partial charge is 0.407 e. The number of aliphatic carboxylic acids is 1. The molecule has 7 heteroatoms. The van der Waals surface area contributed by atoms with Gasteiger partial charge in [-0.1, -0.05) is 68.3 Å². The summed E-state index contributed by atoms with van der Waals surface area (Å²) in [7, 11) is 1.60. The summed E-state index contributed by atoms with van der Waals surface area (Å²) in [6.07, 6.45) is 3.33. The summed E-state index contributed by atoms with van der Waals surface area (Å²) < 4.78 is 5.55. The van der Waals surface area contributed by atoms with Crippen LogP contribution in [-0.2, 0) is 14.3 Å². The standard InChI is InChI=1S/C28H34N2O5/c1-19(25(31)30(2)28(26(32)33)15-7-8-16-28)10-9-17-29-27(34)35-18-24-22-13-5-3-11-20(22)21-12-4-6-14-23(21)24/h3-6,11-14,19,24H,7-10,15-18H2,1-2H3,(H,29,34)(H,32,33). The lowest BCUT2D eigenvalue weighted by molar-refractivity contribution is -0.159. The molecule has 0 heterocycles. The van der Waals surface area contributed by atoms with Crippen molar-refractivity contribution in [1.29, 1.82) is 0 Å². The number of carboxylic acids is 1. The minimum atomic E-state index is -1.08. The Kier molecular flexibility index (Phi) is 7.43. The molecule has 1 saturated carbocycles. The van der Waals surface area contributed by atoms with E-state index in [0.29, 0.717) is 32.2 Å². The molecule has 2 aromatic carbocycles.